The van der Waals surface area contributed by atoms with E-state index in [4.69, 9.17) is 0 Å². The Hall–Kier alpha value is -0.340. The van der Waals surface area contributed by atoms with Gasteiger partial charge in [0, 0.05) is 25.0 Å². The van der Waals surface area contributed by atoms with Gasteiger partial charge in [-0.15, -0.1) is 0 Å². The number of alkyl halides is 3. The number of piperidine rings is 1. The van der Waals surface area contributed by atoms with Crippen LogP contribution in [0, 0.1) is 0 Å². The lowest BCUT2D eigenvalue weighted by molar-refractivity contribution is -0.134. The van der Waals surface area contributed by atoms with Gasteiger partial charge in [-0.05, 0) is 33.2 Å². The van der Waals surface area contributed by atoms with Crippen molar-refractivity contribution in [2.45, 2.75) is 44.3 Å². The summed E-state index contributed by atoms with van der Waals surface area (Å²) in [7, 11) is -1.73. The highest BCUT2D eigenvalue weighted by atomic mass is 32.2. The fourth-order valence-electron chi connectivity index (χ4n) is 2.09. The third-order valence-electron chi connectivity index (χ3n) is 3.69. The van der Waals surface area contributed by atoms with Crippen molar-refractivity contribution >= 4 is 10.0 Å². The van der Waals surface area contributed by atoms with Crippen LogP contribution < -0.4 is 5.32 Å². The van der Waals surface area contributed by atoms with Crippen molar-refractivity contribution in [3.8, 4) is 0 Å². The molecule has 1 aliphatic rings. The highest BCUT2D eigenvalue weighted by Gasteiger charge is 2.34. The third-order valence-corrected chi connectivity index (χ3v) is 5.64. The first-order chi connectivity index (χ1) is 8.58. The second-order valence-electron chi connectivity index (χ2n) is 5.24. The van der Waals surface area contributed by atoms with Crippen LogP contribution in [0.25, 0.3) is 0 Å². The maximum absolute atomic E-state index is 12.0. The molecule has 114 valence electrons. The maximum Gasteiger partial charge on any atom is 0.389 e. The third kappa shape index (κ3) is 5.27. The van der Waals surface area contributed by atoms with Crippen LogP contribution in [0.15, 0.2) is 0 Å². The first kappa shape index (κ1) is 16.7. The van der Waals surface area contributed by atoms with Gasteiger partial charge in [0.15, 0.2) is 0 Å². The van der Waals surface area contributed by atoms with Crippen molar-refractivity contribution < 1.29 is 21.6 Å². The Bertz CT molecular complexity index is 387. The summed E-state index contributed by atoms with van der Waals surface area (Å²) >= 11 is 0. The summed E-state index contributed by atoms with van der Waals surface area (Å²) < 4.78 is 61.1. The summed E-state index contributed by atoms with van der Waals surface area (Å²) in [5.74, 6) is -0.428. The van der Waals surface area contributed by atoms with E-state index in [9.17, 15) is 21.6 Å². The van der Waals surface area contributed by atoms with Crippen molar-refractivity contribution in [2.24, 2.45) is 0 Å². The molecule has 19 heavy (non-hydrogen) atoms. The Morgan fingerprint density at radius 1 is 1.26 bits per heavy atom. The fraction of sp³-hybridized carbons (Fsp3) is 1.00. The summed E-state index contributed by atoms with van der Waals surface area (Å²) in [6.45, 7) is 2.75. The number of hydrogen-bond donors (Lipinski definition) is 1. The van der Waals surface area contributed by atoms with E-state index < -0.39 is 28.4 Å². The highest BCUT2D eigenvalue weighted by molar-refractivity contribution is 7.89. The molecular formula is C11H21F3N2O2S. The zero-order valence-corrected chi connectivity index (χ0v) is 12.1. The van der Waals surface area contributed by atoms with E-state index in [0.29, 0.717) is 25.9 Å². The molecule has 1 saturated heterocycles. The van der Waals surface area contributed by atoms with Gasteiger partial charge in [-0.3, -0.25) is 0 Å². The largest absolute Gasteiger partial charge is 0.389 e. The summed E-state index contributed by atoms with van der Waals surface area (Å²) in [6.07, 6.45) is -4.37. The van der Waals surface area contributed by atoms with Crippen LogP contribution in [0.2, 0.25) is 0 Å². The Kier molecular flexibility index (Phi) is 5.25. The molecule has 0 spiro atoms. The maximum atomic E-state index is 12.0. The summed E-state index contributed by atoms with van der Waals surface area (Å²) in [5, 5.41) is 3.15. The van der Waals surface area contributed by atoms with Gasteiger partial charge in [0.2, 0.25) is 10.0 Å². The zero-order valence-electron chi connectivity index (χ0n) is 11.3. The number of halogens is 3. The lowest BCUT2D eigenvalue weighted by atomic mass is 9.91. The van der Waals surface area contributed by atoms with E-state index in [1.165, 1.54) is 4.31 Å². The average Bonchev–Trinajstić information content (AvgIpc) is 2.27. The standard InChI is InChI=1S/C11H21F3N2O2S/c1-10(15-2)5-7-16(8-6-10)19(17,18)9-3-4-11(12,13)14/h15H,3-9H2,1-2H3. The number of nitrogens with zero attached hydrogens (tertiary/aromatic N) is 1. The molecule has 1 fully saturated rings. The van der Waals surface area contributed by atoms with Crippen molar-refractivity contribution in [2.75, 3.05) is 25.9 Å². The van der Waals surface area contributed by atoms with E-state index in [-0.39, 0.29) is 12.0 Å². The van der Waals surface area contributed by atoms with E-state index in [0.717, 1.165) is 0 Å². The first-order valence-electron chi connectivity index (χ1n) is 6.31. The number of nitrogens with one attached hydrogen (secondary N) is 1. The quantitative estimate of drug-likeness (QED) is 0.841. The predicted octanol–water partition coefficient (Wildman–Crippen LogP) is 1.73. The average molecular weight is 302 g/mol. The summed E-state index contributed by atoms with van der Waals surface area (Å²) in [4.78, 5) is 0. The van der Waals surface area contributed by atoms with Crippen LogP contribution in [-0.2, 0) is 10.0 Å². The SMILES string of the molecule is CNC1(C)CCN(S(=O)(=O)CCCC(F)(F)F)CC1. The monoisotopic (exact) mass is 302 g/mol. The van der Waals surface area contributed by atoms with Gasteiger partial charge in [-0.25, -0.2) is 12.7 Å². The van der Waals surface area contributed by atoms with E-state index in [1.54, 1.807) is 0 Å². The van der Waals surface area contributed by atoms with E-state index in [1.807, 2.05) is 14.0 Å². The first-order valence-corrected chi connectivity index (χ1v) is 7.92. The van der Waals surface area contributed by atoms with Crippen LogP contribution >= 0.6 is 0 Å². The number of sulfonamides is 1. The molecule has 0 unspecified atom stereocenters. The van der Waals surface area contributed by atoms with Gasteiger partial charge in [-0.1, -0.05) is 0 Å². The molecule has 1 N–H and O–H groups in total. The Labute approximate surface area is 112 Å². The smallest absolute Gasteiger partial charge is 0.314 e. The van der Waals surface area contributed by atoms with Crippen LogP contribution in [0.3, 0.4) is 0 Å². The molecule has 8 heteroatoms. The van der Waals surface area contributed by atoms with Crippen molar-refractivity contribution in [1.82, 2.24) is 9.62 Å². The normalized spacial score (nSPS) is 21.5. The lowest BCUT2D eigenvalue weighted by Gasteiger charge is -2.38. The lowest BCUT2D eigenvalue weighted by Crippen LogP contribution is -2.51. The topological polar surface area (TPSA) is 49.4 Å². The van der Waals surface area contributed by atoms with E-state index >= 15 is 0 Å². The molecule has 0 aliphatic carbocycles. The second kappa shape index (κ2) is 5.97. The number of rotatable bonds is 5. The minimum Gasteiger partial charge on any atom is -0.314 e. The molecule has 1 rings (SSSR count). The molecule has 1 aliphatic heterocycles. The summed E-state index contributed by atoms with van der Waals surface area (Å²) in [6, 6.07) is 0. The minimum atomic E-state index is -4.29. The second-order valence-corrected chi connectivity index (χ2v) is 7.33. The van der Waals surface area contributed by atoms with Gasteiger partial charge in [0.1, 0.15) is 0 Å². The predicted molar refractivity (Wildman–Crippen MR) is 67.3 cm³/mol. The molecule has 0 aromatic heterocycles. The van der Waals surface area contributed by atoms with Crippen LogP contribution in [0.1, 0.15) is 32.6 Å². The van der Waals surface area contributed by atoms with Crippen molar-refractivity contribution in [3.63, 3.8) is 0 Å². The summed E-state index contributed by atoms with van der Waals surface area (Å²) in [5.41, 5.74) is -0.0853. The van der Waals surface area contributed by atoms with E-state index in [2.05, 4.69) is 5.32 Å². The molecule has 0 aromatic rings. The van der Waals surface area contributed by atoms with Gasteiger partial charge >= 0.3 is 6.18 Å². The van der Waals surface area contributed by atoms with Gasteiger partial charge < -0.3 is 5.32 Å². The molecular weight excluding hydrogens is 281 g/mol. The molecule has 0 bridgehead atoms. The molecule has 4 nitrogen and oxygen atoms in total. The van der Waals surface area contributed by atoms with Crippen LogP contribution in [0.5, 0.6) is 0 Å². The number of hydrogen-bond acceptors (Lipinski definition) is 3. The fourth-order valence-corrected chi connectivity index (χ4v) is 3.60. The minimum absolute atomic E-state index is 0.0853. The molecule has 0 saturated carbocycles. The Morgan fingerprint density at radius 3 is 2.21 bits per heavy atom. The van der Waals surface area contributed by atoms with Crippen LogP contribution in [-0.4, -0.2) is 50.3 Å². The molecule has 0 aromatic carbocycles. The Balaban J connectivity index is 2.47. The Morgan fingerprint density at radius 2 is 1.79 bits per heavy atom. The molecule has 0 atom stereocenters. The molecule has 0 radical (unpaired) electrons. The van der Waals surface area contributed by atoms with Crippen LogP contribution in [0.4, 0.5) is 13.2 Å². The zero-order chi connectivity index (χ0) is 14.7. The van der Waals surface area contributed by atoms with Gasteiger partial charge in [-0.2, -0.15) is 13.2 Å². The van der Waals surface area contributed by atoms with Gasteiger partial charge in [0.05, 0.1) is 5.75 Å². The van der Waals surface area contributed by atoms with Crippen molar-refractivity contribution in [3.05, 3.63) is 0 Å². The molecule has 0 amide bonds. The van der Waals surface area contributed by atoms with Crippen molar-refractivity contribution in [1.29, 1.82) is 0 Å². The highest BCUT2D eigenvalue weighted by Crippen LogP contribution is 2.25. The molecule has 1 heterocycles. The van der Waals surface area contributed by atoms with Gasteiger partial charge in [0.25, 0.3) is 0 Å².